The molecule has 2 rings (SSSR count). The van der Waals surface area contributed by atoms with E-state index >= 15 is 0 Å². The van der Waals surface area contributed by atoms with E-state index in [1.807, 2.05) is 0 Å². The molecule has 0 saturated heterocycles. The summed E-state index contributed by atoms with van der Waals surface area (Å²) in [4.78, 5) is 35.3. The number of anilines is 1. The zero-order chi connectivity index (χ0) is 19.3. The molecule has 0 aliphatic carbocycles. The first-order valence-corrected chi connectivity index (χ1v) is 7.50. The van der Waals surface area contributed by atoms with Gasteiger partial charge < -0.3 is 14.6 Å². The Morgan fingerprint density at radius 1 is 1.15 bits per heavy atom. The summed E-state index contributed by atoms with van der Waals surface area (Å²) in [6, 6.07) is 8.20. The largest absolute Gasteiger partial charge is 0.451 e. The number of pyridine rings is 1. The van der Waals surface area contributed by atoms with Gasteiger partial charge in [-0.05, 0) is 37.3 Å². The van der Waals surface area contributed by atoms with Crippen LogP contribution >= 0.6 is 0 Å². The molecule has 1 atom stereocenters. The average molecular weight is 368 g/mol. The SMILES string of the molecule is C[C@@H](OC(=O)Cn1ccccc1=O)C(=O)Nc1ccc(C(F)(F)F)cc1. The van der Waals surface area contributed by atoms with Crippen molar-refractivity contribution < 1.29 is 27.5 Å². The predicted octanol–water partition coefficient (Wildman–Crippen LogP) is 2.44. The first kappa shape index (κ1) is 19.2. The number of nitrogens with one attached hydrogen (secondary N) is 1. The van der Waals surface area contributed by atoms with Crippen molar-refractivity contribution >= 4 is 17.6 Å². The summed E-state index contributed by atoms with van der Waals surface area (Å²) in [5.41, 5.74) is -1.11. The topological polar surface area (TPSA) is 77.4 Å². The van der Waals surface area contributed by atoms with Gasteiger partial charge in [-0.25, -0.2) is 0 Å². The Hall–Kier alpha value is -3.10. The first-order chi connectivity index (χ1) is 12.2. The molecule has 2 aromatic rings. The molecule has 0 saturated carbocycles. The quantitative estimate of drug-likeness (QED) is 0.823. The van der Waals surface area contributed by atoms with Crippen LogP contribution in [-0.2, 0) is 27.0 Å². The van der Waals surface area contributed by atoms with E-state index < -0.39 is 35.3 Å². The van der Waals surface area contributed by atoms with Crippen LogP contribution in [0.2, 0.25) is 0 Å². The third-order valence-corrected chi connectivity index (χ3v) is 3.36. The van der Waals surface area contributed by atoms with Crippen LogP contribution < -0.4 is 10.9 Å². The molecule has 0 unspecified atom stereocenters. The minimum absolute atomic E-state index is 0.130. The van der Waals surface area contributed by atoms with E-state index in [0.717, 1.165) is 28.8 Å². The molecular weight excluding hydrogens is 353 g/mol. The summed E-state index contributed by atoms with van der Waals surface area (Å²) in [5, 5.41) is 2.35. The van der Waals surface area contributed by atoms with Crippen LogP contribution in [0, 0.1) is 0 Å². The molecule has 1 heterocycles. The number of benzene rings is 1. The van der Waals surface area contributed by atoms with Gasteiger partial charge in [-0.1, -0.05) is 6.07 Å². The maximum Gasteiger partial charge on any atom is 0.416 e. The normalized spacial score (nSPS) is 12.3. The minimum atomic E-state index is -4.47. The fourth-order valence-corrected chi connectivity index (χ4v) is 2.00. The molecule has 0 bridgehead atoms. The van der Waals surface area contributed by atoms with E-state index in [9.17, 15) is 27.6 Å². The molecule has 0 aliphatic heterocycles. The fraction of sp³-hybridized carbons (Fsp3) is 0.235. The lowest BCUT2D eigenvalue weighted by Gasteiger charge is -2.14. The van der Waals surface area contributed by atoms with Gasteiger partial charge in [0.25, 0.3) is 11.5 Å². The molecular formula is C17H15F3N2O4. The molecule has 1 aromatic carbocycles. The Balaban J connectivity index is 1.92. The zero-order valence-electron chi connectivity index (χ0n) is 13.6. The summed E-state index contributed by atoms with van der Waals surface area (Å²) in [6.07, 6.45) is -4.26. The standard InChI is InChI=1S/C17H15F3N2O4/c1-11(26-15(24)10-22-9-3-2-4-14(22)23)16(25)21-13-7-5-12(6-8-13)17(18,19)20/h2-9,11H,10H2,1H3,(H,21,25)/t11-/m1/s1. The second kappa shape index (κ2) is 7.85. The van der Waals surface area contributed by atoms with Crippen LogP contribution in [0.25, 0.3) is 0 Å². The van der Waals surface area contributed by atoms with Gasteiger partial charge in [0.1, 0.15) is 6.54 Å². The van der Waals surface area contributed by atoms with Crippen molar-refractivity contribution in [3.8, 4) is 0 Å². The van der Waals surface area contributed by atoms with Crippen LogP contribution in [0.3, 0.4) is 0 Å². The van der Waals surface area contributed by atoms with Crippen LogP contribution in [0.1, 0.15) is 12.5 Å². The highest BCUT2D eigenvalue weighted by atomic mass is 19.4. The molecule has 26 heavy (non-hydrogen) atoms. The van der Waals surface area contributed by atoms with Crippen molar-refractivity contribution in [2.45, 2.75) is 25.7 Å². The number of hydrogen-bond acceptors (Lipinski definition) is 4. The molecule has 138 valence electrons. The fourth-order valence-electron chi connectivity index (χ4n) is 2.00. The number of carbonyl (C=O) groups excluding carboxylic acids is 2. The molecule has 9 heteroatoms. The number of carbonyl (C=O) groups is 2. The van der Waals surface area contributed by atoms with E-state index in [0.29, 0.717) is 0 Å². The number of esters is 1. The van der Waals surface area contributed by atoms with Gasteiger partial charge in [0.05, 0.1) is 5.56 Å². The molecule has 1 amide bonds. The van der Waals surface area contributed by atoms with Gasteiger partial charge in [0, 0.05) is 18.0 Å². The summed E-state index contributed by atoms with van der Waals surface area (Å²) in [5.74, 6) is -1.51. The Bertz CT molecular complexity index is 844. The van der Waals surface area contributed by atoms with Gasteiger partial charge in [-0.3, -0.25) is 14.4 Å². The Kier molecular flexibility index (Phi) is 5.81. The molecule has 0 fully saturated rings. The number of rotatable bonds is 5. The number of halogens is 3. The minimum Gasteiger partial charge on any atom is -0.451 e. The number of aromatic nitrogens is 1. The van der Waals surface area contributed by atoms with Gasteiger partial charge in [-0.2, -0.15) is 13.2 Å². The zero-order valence-corrected chi connectivity index (χ0v) is 13.6. The lowest BCUT2D eigenvalue weighted by molar-refractivity contribution is -0.153. The van der Waals surface area contributed by atoms with Gasteiger partial charge in [0.2, 0.25) is 0 Å². The Labute approximate surface area is 146 Å². The third kappa shape index (κ3) is 5.20. The van der Waals surface area contributed by atoms with Crippen LogP contribution in [0.5, 0.6) is 0 Å². The summed E-state index contributed by atoms with van der Waals surface area (Å²) in [7, 11) is 0. The van der Waals surface area contributed by atoms with E-state index in [4.69, 9.17) is 4.74 Å². The number of amides is 1. The molecule has 1 aromatic heterocycles. The molecule has 1 N–H and O–H groups in total. The highest BCUT2D eigenvalue weighted by Crippen LogP contribution is 2.29. The molecule has 0 radical (unpaired) electrons. The van der Waals surface area contributed by atoms with Crippen molar-refractivity contribution in [1.29, 1.82) is 0 Å². The number of nitrogens with zero attached hydrogens (tertiary/aromatic N) is 1. The summed E-state index contributed by atoms with van der Waals surface area (Å²) in [6.45, 7) is 0.947. The van der Waals surface area contributed by atoms with Crippen molar-refractivity contribution in [2.24, 2.45) is 0 Å². The van der Waals surface area contributed by atoms with Gasteiger partial charge in [0.15, 0.2) is 6.10 Å². The number of hydrogen-bond donors (Lipinski definition) is 1. The van der Waals surface area contributed by atoms with Crippen molar-refractivity contribution in [2.75, 3.05) is 5.32 Å². The van der Waals surface area contributed by atoms with Crippen molar-refractivity contribution in [3.05, 3.63) is 64.6 Å². The number of ether oxygens (including phenoxy) is 1. The smallest absolute Gasteiger partial charge is 0.416 e. The second-order valence-electron chi connectivity index (χ2n) is 5.36. The molecule has 6 nitrogen and oxygen atoms in total. The van der Waals surface area contributed by atoms with Crippen LogP contribution in [-0.4, -0.2) is 22.5 Å². The lowest BCUT2D eigenvalue weighted by Crippen LogP contribution is -2.32. The van der Waals surface area contributed by atoms with E-state index in [1.165, 1.54) is 25.3 Å². The van der Waals surface area contributed by atoms with Crippen molar-refractivity contribution in [1.82, 2.24) is 4.57 Å². The summed E-state index contributed by atoms with van der Waals surface area (Å²) >= 11 is 0. The first-order valence-electron chi connectivity index (χ1n) is 7.50. The maximum atomic E-state index is 12.5. The lowest BCUT2D eigenvalue weighted by atomic mass is 10.2. The van der Waals surface area contributed by atoms with E-state index in [2.05, 4.69) is 5.32 Å². The molecule has 0 spiro atoms. The predicted molar refractivity (Wildman–Crippen MR) is 86.3 cm³/mol. The second-order valence-corrected chi connectivity index (χ2v) is 5.36. The summed E-state index contributed by atoms with van der Waals surface area (Å²) < 4.78 is 43.5. The van der Waals surface area contributed by atoms with E-state index in [-0.39, 0.29) is 12.2 Å². The highest BCUT2D eigenvalue weighted by Gasteiger charge is 2.30. The van der Waals surface area contributed by atoms with Gasteiger partial charge in [-0.15, -0.1) is 0 Å². The average Bonchev–Trinajstić information content (AvgIpc) is 2.56. The van der Waals surface area contributed by atoms with Crippen LogP contribution in [0.15, 0.2) is 53.5 Å². The van der Waals surface area contributed by atoms with Gasteiger partial charge >= 0.3 is 12.1 Å². The third-order valence-electron chi connectivity index (χ3n) is 3.36. The van der Waals surface area contributed by atoms with E-state index in [1.54, 1.807) is 6.07 Å². The molecule has 0 aliphatic rings. The Morgan fingerprint density at radius 3 is 2.38 bits per heavy atom. The monoisotopic (exact) mass is 368 g/mol. The number of alkyl halides is 3. The maximum absolute atomic E-state index is 12.5. The van der Waals surface area contributed by atoms with Crippen LogP contribution in [0.4, 0.5) is 18.9 Å². The van der Waals surface area contributed by atoms with Crippen molar-refractivity contribution in [3.63, 3.8) is 0 Å². The highest BCUT2D eigenvalue weighted by molar-refractivity contribution is 5.95. The Morgan fingerprint density at radius 2 is 1.81 bits per heavy atom.